The zero-order valence-electron chi connectivity index (χ0n) is 8.47. The molecule has 0 aliphatic carbocycles. The zero-order valence-corrected chi connectivity index (χ0v) is 9.22. The van der Waals surface area contributed by atoms with Gasteiger partial charge in [0.05, 0.1) is 10.5 Å². The highest BCUT2D eigenvalue weighted by Gasteiger charge is 2.06. The van der Waals surface area contributed by atoms with Crippen LogP contribution in [0.2, 0.25) is 5.02 Å². The van der Waals surface area contributed by atoms with Gasteiger partial charge in [-0.2, -0.15) is 0 Å². The number of benzene rings is 1. The van der Waals surface area contributed by atoms with Crippen LogP contribution in [0.4, 0.5) is 0 Å². The summed E-state index contributed by atoms with van der Waals surface area (Å²) in [7, 11) is 0. The molecule has 0 aliphatic rings. The fraction of sp³-hybridized carbons (Fsp3) is 0. The molecule has 2 nitrogen and oxygen atoms in total. The largest absolute Gasteiger partial charge is 0.315 e. The van der Waals surface area contributed by atoms with Crippen LogP contribution in [0.3, 0.4) is 0 Å². The van der Waals surface area contributed by atoms with Crippen molar-refractivity contribution >= 4 is 22.5 Å². The van der Waals surface area contributed by atoms with E-state index in [0.717, 1.165) is 21.6 Å². The van der Waals surface area contributed by atoms with Gasteiger partial charge in [-0.15, -0.1) is 0 Å². The predicted molar refractivity (Wildman–Crippen MR) is 66.1 cm³/mol. The summed E-state index contributed by atoms with van der Waals surface area (Å²) >= 11 is 6.19. The van der Waals surface area contributed by atoms with Gasteiger partial charge in [0.25, 0.3) is 0 Å². The van der Waals surface area contributed by atoms with E-state index in [9.17, 15) is 0 Å². The van der Waals surface area contributed by atoms with E-state index in [2.05, 4.69) is 15.6 Å². The van der Waals surface area contributed by atoms with Gasteiger partial charge >= 0.3 is 0 Å². The molecule has 0 spiro atoms. The first-order chi connectivity index (χ1) is 7.86. The molecule has 0 amide bonds. The Bertz CT molecular complexity index is 629. The molecule has 0 saturated carbocycles. The number of fused-ring (bicyclic) bond motifs is 1. The van der Waals surface area contributed by atoms with Gasteiger partial charge in [0.2, 0.25) is 0 Å². The summed E-state index contributed by atoms with van der Waals surface area (Å²) in [6.07, 6.45) is 5.48. The number of rotatable bonds is 1. The molecule has 0 saturated heterocycles. The predicted octanol–water partition coefficient (Wildman–Crippen LogP) is 3.68. The van der Waals surface area contributed by atoms with Gasteiger partial charge in [-0.05, 0) is 18.2 Å². The van der Waals surface area contributed by atoms with Crippen molar-refractivity contribution in [3.05, 3.63) is 60.0 Å². The number of aromatic nitrogens is 2. The van der Waals surface area contributed by atoms with Crippen molar-refractivity contribution in [1.82, 2.24) is 9.55 Å². The SMILES string of the molecule is Clc1cn(-c2ccncc2)c2ccccc12. The minimum absolute atomic E-state index is 0.771. The Labute approximate surface area is 98.1 Å². The number of hydrogen-bond acceptors (Lipinski definition) is 1. The highest BCUT2D eigenvalue weighted by atomic mass is 35.5. The first-order valence-corrected chi connectivity index (χ1v) is 5.40. The van der Waals surface area contributed by atoms with Crippen LogP contribution in [0.5, 0.6) is 0 Å². The Hall–Kier alpha value is -1.80. The Morgan fingerprint density at radius 1 is 1.00 bits per heavy atom. The maximum Gasteiger partial charge on any atom is 0.0665 e. The van der Waals surface area contributed by atoms with Crippen LogP contribution in [0.15, 0.2) is 55.0 Å². The van der Waals surface area contributed by atoms with E-state index in [4.69, 9.17) is 11.6 Å². The van der Waals surface area contributed by atoms with Crippen molar-refractivity contribution in [2.75, 3.05) is 0 Å². The molecule has 78 valence electrons. The fourth-order valence-electron chi connectivity index (χ4n) is 1.86. The van der Waals surface area contributed by atoms with E-state index in [-0.39, 0.29) is 0 Å². The summed E-state index contributed by atoms with van der Waals surface area (Å²) < 4.78 is 2.07. The maximum absolute atomic E-state index is 6.19. The Morgan fingerprint density at radius 2 is 1.75 bits per heavy atom. The second-order valence-corrected chi connectivity index (χ2v) is 3.98. The smallest absolute Gasteiger partial charge is 0.0665 e. The van der Waals surface area contributed by atoms with Crippen LogP contribution >= 0.6 is 11.6 Å². The lowest BCUT2D eigenvalue weighted by atomic mass is 10.2. The van der Waals surface area contributed by atoms with Crippen LogP contribution in [0.1, 0.15) is 0 Å². The van der Waals surface area contributed by atoms with Gasteiger partial charge in [0.15, 0.2) is 0 Å². The monoisotopic (exact) mass is 228 g/mol. The summed E-state index contributed by atoms with van der Waals surface area (Å²) in [6.45, 7) is 0. The number of nitrogens with zero attached hydrogens (tertiary/aromatic N) is 2. The van der Waals surface area contributed by atoms with Gasteiger partial charge in [-0.1, -0.05) is 29.8 Å². The van der Waals surface area contributed by atoms with E-state index >= 15 is 0 Å². The zero-order chi connectivity index (χ0) is 11.0. The standard InChI is InChI=1S/C13H9ClN2/c14-12-9-16(10-5-7-15-8-6-10)13-4-2-1-3-11(12)13/h1-9H. The maximum atomic E-state index is 6.19. The molecule has 16 heavy (non-hydrogen) atoms. The van der Waals surface area contributed by atoms with Crippen LogP contribution in [0, 0.1) is 0 Å². The second-order valence-electron chi connectivity index (χ2n) is 3.57. The molecule has 3 aromatic rings. The average Bonchev–Trinajstić information content (AvgIpc) is 2.69. The van der Waals surface area contributed by atoms with E-state index in [1.165, 1.54) is 0 Å². The molecular formula is C13H9ClN2. The molecule has 0 fully saturated rings. The minimum Gasteiger partial charge on any atom is -0.315 e. The molecule has 0 bridgehead atoms. The van der Waals surface area contributed by atoms with Crippen LogP contribution in [-0.2, 0) is 0 Å². The third kappa shape index (κ3) is 1.39. The first-order valence-electron chi connectivity index (χ1n) is 5.02. The lowest BCUT2D eigenvalue weighted by molar-refractivity contribution is 1.11. The number of pyridine rings is 1. The molecule has 2 aromatic heterocycles. The normalized spacial score (nSPS) is 10.8. The molecule has 3 heteroatoms. The van der Waals surface area contributed by atoms with Crippen molar-refractivity contribution < 1.29 is 0 Å². The first kappa shape index (κ1) is 9.43. The summed E-state index contributed by atoms with van der Waals surface area (Å²) in [5, 5.41) is 1.84. The highest BCUT2D eigenvalue weighted by Crippen LogP contribution is 2.27. The van der Waals surface area contributed by atoms with Crippen molar-refractivity contribution in [3.63, 3.8) is 0 Å². The summed E-state index contributed by atoms with van der Waals surface area (Å²) in [5.41, 5.74) is 2.18. The van der Waals surface area contributed by atoms with Crippen molar-refractivity contribution in [2.45, 2.75) is 0 Å². The number of halogens is 1. The minimum atomic E-state index is 0.771. The molecule has 0 unspecified atom stereocenters. The summed E-state index contributed by atoms with van der Waals surface area (Å²) in [5.74, 6) is 0. The number of hydrogen-bond donors (Lipinski definition) is 0. The van der Waals surface area contributed by atoms with E-state index < -0.39 is 0 Å². The number of para-hydroxylation sites is 1. The molecular weight excluding hydrogens is 220 g/mol. The van der Waals surface area contributed by atoms with E-state index in [1.54, 1.807) is 12.4 Å². The van der Waals surface area contributed by atoms with Gasteiger partial charge in [-0.25, -0.2) is 0 Å². The van der Waals surface area contributed by atoms with E-state index in [0.29, 0.717) is 0 Å². The quantitative estimate of drug-likeness (QED) is 0.621. The second kappa shape index (κ2) is 3.65. The van der Waals surface area contributed by atoms with Gasteiger partial charge < -0.3 is 4.57 Å². The summed E-state index contributed by atoms with van der Waals surface area (Å²) in [4.78, 5) is 4.01. The Balaban J connectivity index is 2.33. The molecule has 0 atom stereocenters. The van der Waals surface area contributed by atoms with Crippen LogP contribution in [-0.4, -0.2) is 9.55 Å². The van der Waals surface area contributed by atoms with Gasteiger partial charge in [-0.3, -0.25) is 4.98 Å². The lowest BCUT2D eigenvalue weighted by Gasteiger charge is -2.03. The topological polar surface area (TPSA) is 17.8 Å². The molecule has 0 radical (unpaired) electrons. The highest BCUT2D eigenvalue weighted by molar-refractivity contribution is 6.35. The average molecular weight is 229 g/mol. The van der Waals surface area contributed by atoms with Crippen molar-refractivity contribution in [3.8, 4) is 5.69 Å². The van der Waals surface area contributed by atoms with E-state index in [1.807, 2.05) is 36.5 Å². The lowest BCUT2D eigenvalue weighted by Crippen LogP contribution is -1.90. The third-order valence-corrected chi connectivity index (χ3v) is 2.91. The Kier molecular flexibility index (Phi) is 2.15. The molecule has 1 aromatic carbocycles. The van der Waals surface area contributed by atoms with Crippen LogP contribution < -0.4 is 0 Å². The molecule has 0 N–H and O–H groups in total. The molecule has 0 aliphatic heterocycles. The molecule has 3 rings (SSSR count). The van der Waals surface area contributed by atoms with Crippen LogP contribution in [0.25, 0.3) is 16.6 Å². The van der Waals surface area contributed by atoms with Crippen molar-refractivity contribution in [1.29, 1.82) is 0 Å². The van der Waals surface area contributed by atoms with Crippen molar-refractivity contribution in [2.24, 2.45) is 0 Å². The Morgan fingerprint density at radius 3 is 2.56 bits per heavy atom. The van der Waals surface area contributed by atoms with Gasteiger partial charge in [0.1, 0.15) is 0 Å². The van der Waals surface area contributed by atoms with Gasteiger partial charge in [0, 0.05) is 29.7 Å². The summed E-state index contributed by atoms with van der Waals surface area (Å²) in [6, 6.07) is 12.0. The molecule has 2 heterocycles. The fourth-order valence-corrected chi connectivity index (χ4v) is 2.11. The third-order valence-electron chi connectivity index (χ3n) is 2.60.